The number of carbonyl (C=O) groups excluding carboxylic acids is 1. The van der Waals surface area contributed by atoms with E-state index in [1.54, 1.807) is 26.2 Å². The number of urea groups is 1. The van der Waals surface area contributed by atoms with Gasteiger partial charge >= 0.3 is 6.03 Å². The molecule has 2 fully saturated rings. The Bertz CT molecular complexity index is 833. The number of nitrogens with one attached hydrogen (secondary N) is 2. The molecule has 4 rings (SSSR count). The van der Waals surface area contributed by atoms with Crippen LogP contribution in [0, 0.1) is 6.92 Å². The average Bonchev–Trinajstić information content (AvgIpc) is 3.43. The third-order valence-electron chi connectivity index (χ3n) is 5.20. The smallest absolute Gasteiger partial charge is 0.319 e. The molecule has 2 saturated heterocycles. The van der Waals surface area contributed by atoms with E-state index in [1.807, 2.05) is 6.07 Å². The van der Waals surface area contributed by atoms with Crippen LogP contribution >= 0.6 is 0 Å². The van der Waals surface area contributed by atoms with Crippen LogP contribution in [0.25, 0.3) is 11.5 Å². The second-order valence-corrected chi connectivity index (χ2v) is 7.09. The lowest BCUT2D eigenvalue weighted by molar-refractivity contribution is 0.159. The van der Waals surface area contributed by atoms with Gasteiger partial charge in [-0.25, -0.2) is 4.79 Å². The van der Waals surface area contributed by atoms with Crippen LogP contribution in [0.4, 0.5) is 10.5 Å². The molecule has 0 unspecified atom stereocenters. The highest BCUT2D eigenvalue weighted by Crippen LogP contribution is 2.30. The Balaban J connectivity index is 1.46. The zero-order valence-electron chi connectivity index (χ0n) is 16.1. The van der Waals surface area contributed by atoms with Gasteiger partial charge in [-0.1, -0.05) is 0 Å². The first kappa shape index (κ1) is 18.7. The second-order valence-electron chi connectivity index (χ2n) is 7.09. The summed E-state index contributed by atoms with van der Waals surface area (Å²) in [5.74, 6) is 1.42. The molecule has 28 heavy (non-hydrogen) atoms. The standard InChI is InChI=1S/C19H25N5O4/c1-12-22-23-18(28-12)13-5-6-17(26-2)14(9-13)20-19(25)21-15-10-27-11-16(15)24-7-3-4-8-24/h5-6,9,15-16H,3-4,7-8,10-11H2,1-2H3,(H2,20,21,25)/t15-,16-/m0/s1. The van der Waals surface area contributed by atoms with Crippen molar-refractivity contribution in [2.45, 2.75) is 31.8 Å². The van der Waals surface area contributed by atoms with Gasteiger partial charge in [-0.15, -0.1) is 10.2 Å². The Hall–Kier alpha value is -2.65. The largest absolute Gasteiger partial charge is 0.495 e. The predicted molar refractivity (Wildman–Crippen MR) is 102 cm³/mol. The molecule has 2 aliphatic rings. The summed E-state index contributed by atoms with van der Waals surface area (Å²) in [5, 5.41) is 13.8. The number of aromatic nitrogens is 2. The van der Waals surface area contributed by atoms with Crippen LogP contribution in [-0.4, -0.2) is 66.6 Å². The molecular weight excluding hydrogens is 362 g/mol. The fraction of sp³-hybridized carbons (Fsp3) is 0.526. The van der Waals surface area contributed by atoms with Gasteiger partial charge in [-0.05, 0) is 44.1 Å². The van der Waals surface area contributed by atoms with Crippen molar-refractivity contribution < 1.29 is 18.7 Å². The second kappa shape index (κ2) is 8.15. The highest BCUT2D eigenvalue weighted by Gasteiger charge is 2.35. The summed E-state index contributed by atoms with van der Waals surface area (Å²) in [7, 11) is 1.56. The Morgan fingerprint density at radius 2 is 2.07 bits per heavy atom. The molecule has 0 aliphatic carbocycles. The summed E-state index contributed by atoms with van der Waals surface area (Å²) in [4.78, 5) is 15.0. The number of hydrogen-bond acceptors (Lipinski definition) is 7. The average molecular weight is 387 g/mol. The number of likely N-dealkylation sites (tertiary alicyclic amines) is 1. The monoisotopic (exact) mass is 387 g/mol. The number of hydrogen-bond donors (Lipinski definition) is 2. The molecule has 9 heteroatoms. The molecule has 9 nitrogen and oxygen atoms in total. The molecule has 2 aliphatic heterocycles. The quantitative estimate of drug-likeness (QED) is 0.809. The maximum atomic E-state index is 12.6. The minimum Gasteiger partial charge on any atom is -0.495 e. The van der Waals surface area contributed by atoms with Crippen molar-refractivity contribution in [2.75, 3.05) is 38.7 Å². The number of aryl methyl sites for hydroxylation is 1. The molecule has 150 valence electrons. The molecule has 0 radical (unpaired) electrons. The van der Waals surface area contributed by atoms with Gasteiger partial charge in [0.05, 0.1) is 38.1 Å². The maximum absolute atomic E-state index is 12.6. The number of ether oxygens (including phenoxy) is 2. The zero-order valence-corrected chi connectivity index (χ0v) is 16.1. The van der Waals surface area contributed by atoms with Crippen molar-refractivity contribution in [1.29, 1.82) is 0 Å². The topological polar surface area (TPSA) is 102 Å². The van der Waals surface area contributed by atoms with Gasteiger partial charge in [0, 0.05) is 12.5 Å². The Morgan fingerprint density at radius 1 is 1.25 bits per heavy atom. The Labute approximate surface area is 163 Å². The van der Waals surface area contributed by atoms with E-state index in [0.717, 1.165) is 13.1 Å². The molecule has 1 aromatic heterocycles. The van der Waals surface area contributed by atoms with Gasteiger partial charge in [-0.3, -0.25) is 4.90 Å². The molecule has 2 N–H and O–H groups in total. The van der Waals surface area contributed by atoms with Crippen LogP contribution in [0.5, 0.6) is 5.75 Å². The van der Waals surface area contributed by atoms with Crippen LogP contribution in [0.1, 0.15) is 18.7 Å². The molecule has 2 aromatic rings. The first-order valence-electron chi connectivity index (χ1n) is 9.52. The van der Waals surface area contributed by atoms with E-state index in [-0.39, 0.29) is 18.1 Å². The lowest BCUT2D eigenvalue weighted by atomic mass is 10.1. The van der Waals surface area contributed by atoms with E-state index in [9.17, 15) is 4.79 Å². The van der Waals surface area contributed by atoms with E-state index >= 15 is 0 Å². The van der Waals surface area contributed by atoms with E-state index in [0.29, 0.717) is 42.0 Å². The van der Waals surface area contributed by atoms with Crippen molar-refractivity contribution in [3.63, 3.8) is 0 Å². The van der Waals surface area contributed by atoms with E-state index in [2.05, 4.69) is 25.7 Å². The van der Waals surface area contributed by atoms with Crippen molar-refractivity contribution >= 4 is 11.7 Å². The SMILES string of the molecule is COc1ccc(-c2nnc(C)o2)cc1NC(=O)N[C@H]1COC[C@@H]1N1CCCC1. The molecule has 0 bridgehead atoms. The molecule has 2 amide bonds. The van der Waals surface area contributed by atoms with Gasteiger partial charge in [0.2, 0.25) is 11.8 Å². The van der Waals surface area contributed by atoms with Gasteiger partial charge in [0.25, 0.3) is 0 Å². The number of nitrogens with zero attached hydrogens (tertiary/aromatic N) is 3. The molecule has 2 atom stereocenters. The minimum absolute atomic E-state index is 0.0362. The minimum atomic E-state index is -0.295. The number of anilines is 1. The van der Waals surface area contributed by atoms with Crippen LogP contribution < -0.4 is 15.4 Å². The van der Waals surface area contributed by atoms with Crippen LogP contribution in [0.15, 0.2) is 22.6 Å². The number of carbonyl (C=O) groups is 1. The number of methoxy groups -OCH3 is 1. The van der Waals surface area contributed by atoms with Gasteiger partial charge in [-0.2, -0.15) is 0 Å². The lowest BCUT2D eigenvalue weighted by Crippen LogP contribution is -2.51. The fourth-order valence-corrected chi connectivity index (χ4v) is 3.79. The fourth-order valence-electron chi connectivity index (χ4n) is 3.79. The summed E-state index contributed by atoms with van der Waals surface area (Å²) >= 11 is 0. The summed E-state index contributed by atoms with van der Waals surface area (Å²) in [6, 6.07) is 5.22. The van der Waals surface area contributed by atoms with Crippen molar-refractivity contribution in [1.82, 2.24) is 20.4 Å². The van der Waals surface area contributed by atoms with Gasteiger partial charge < -0.3 is 24.5 Å². The van der Waals surface area contributed by atoms with Crippen LogP contribution in [-0.2, 0) is 4.74 Å². The van der Waals surface area contributed by atoms with Crippen molar-refractivity contribution in [3.05, 3.63) is 24.1 Å². The Kier molecular flexibility index (Phi) is 5.45. The van der Waals surface area contributed by atoms with E-state index in [4.69, 9.17) is 13.9 Å². The van der Waals surface area contributed by atoms with E-state index in [1.165, 1.54) is 12.8 Å². The molecule has 3 heterocycles. The van der Waals surface area contributed by atoms with Crippen LogP contribution in [0.2, 0.25) is 0 Å². The molecule has 0 saturated carbocycles. The number of rotatable bonds is 5. The van der Waals surface area contributed by atoms with Crippen molar-refractivity contribution in [3.8, 4) is 17.2 Å². The predicted octanol–water partition coefficient (Wildman–Crippen LogP) is 2.04. The zero-order chi connectivity index (χ0) is 19.5. The van der Waals surface area contributed by atoms with Gasteiger partial charge in [0.1, 0.15) is 5.75 Å². The highest BCUT2D eigenvalue weighted by atomic mass is 16.5. The Morgan fingerprint density at radius 3 is 2.79 bits per heavy atom. The summed E-state index contributed by atoms with van der Waals surface area (Å²) < 4.78 is 16.5. The summed E-state index contributed by atoms with van der Waals surface area (Å²) in [5.41, 5.74) is 1.24. The molecular formula is C19H25N5O4. The first-order valence-corrected chi connectivity index (χ1v) is 9.52. The lowest BCUT2D eigenvalue weighted by Gasteiger charge is -2.28. The number of benzene rings is 1. The molecule has 1 aromatic carbocycles. The third-order valence-corrected chi connectivity index (χ3v) is 5.20. The van der Waals surface area contributed by atoms with Crippen LogP contribution in [0.3, 0.4) is 0 Å². The highest BCUT2D eigenvalue weighted by molar-refractivity contribution is 5.92. The summed E-state index contributed by atoms with van der Waals surface area (Å²) in [6.07, 6.45) is 2.41. The van der Waals surface area contributed by atoms with Gasteiger partial charge in [0.15, 0.2) is 0 Å². The van der Waals surface area contributed by atoms with Crippen molar-refractivity contribution in [2.24, 2.45) is 0 Å². The molecule has 0 spiro atoms. The number of amides is 2. The summed E-state index contributed by atoms with van der Waals surface area (Å²) in [6.45, 7) is 5.03. The van der Waals surface area contributed by atoms with E-state index < -0.39 is 0 Å². The first-order chi connectivity index (χ1) is 13.6. The normalized spacial score (nSPS) is 22.4. The third kappa shape index (κ3) is 3.95. The maximum Gasteiger partial charge on any atom is 0.319 e.